The number of ether oxygens (including phenoxy) is 2. The molecule has 6 nitrogen and oxygen atoms in total. The zero-order valence-electron chi connectivity index (χ0n) is 20.3. The topological polar surface area (TPSA) is 56.6 Å². The number of nitrogens with zero attached hydrogens (tertiary/aromatic N) is 3. The van der Waals surface area contributed by atoms with Crippen LogP contribution in [0, 0.1) is 11.8 Å². The van der Waals surface area contributed by atoms with Gasteiger partial charge in [-0.2, -0.15) is 0 Å². The lowest BCUT2D eigenvalue weighted by molar-refractivity contribution is -0.112. The smallest absolute Gasteiger partial charge is 0.123 e. The van der Waals surface area contributed by atoms with E-state index in [2.05, 4.69) is 52.6 Å². The Morgan fingerprint density at radius 2 is 1.81 bits per heavy atom. The number of aldehydes is 1. The van der Waals surface area contributed by atoms with Gasteiger partial charge in [-0.05, 0) is 61.7 Å². The highest BCUT2D eigenvalue weighted by Crippen LogP contribution is 2.33. The number of carbonyl (C=O) groups excluding carboxylic acids is 1. The minimum Gasteiger partial charge on any atom is -0.388 e. The second-order valence-electron chi connectivity index (χ2n) is 9.90. The molecule has 2 aromatic rings. The third kappa shape index (κ3) is 6.56. The van der Waals surface area contributed by atoms with Crippen molar-refractivity contribution >= 4 is 29.3 Å². The van der Waals surface area contributed by atoms with Crippen molar-refractivity contribution in [2.45, 2.75) is 63.3 Å². The molecule has 0 spiro atoms. The summed E-state index contributed by atoms with van der Waals surface area (Å²) < 4.78 is 14.6. The average Bonchev–Trinajstić information content (AvgIpc) is 3.14. The fourth-order valence-electron chi connectivity index (χ4n) is 4.36. The SMILES string of the molecule is CC(C)(C)c1nc2cc(SN3CCC(C=O)CC3)ccc2n1CC1CCOCC1.COC. The van der Waals surface area contributed by atoms with E-state index in [1.807, 2.05) is 0 Å². The summed E-state index contributed by atoms with van der Waals surface area (Å²) in [7, 11) is 3.25. The van der Waals surface area contributed by atoms with E-state index >= 15 is 0 Å². The van der Waals surface area contributed by atoms with Gasteiger partial charge in [0.2, 0.25) is 0 Å². The number of hydrogen-bond acceptors (Lipinski definition) is 6. The van der Waals surface area contributed by atoms with E-state index in [0.717, 1.165) is 70.3 Å². The Morgan fingerprint density at radius 3 is 2.41 bits per heavy atom. The maximum absolute atomic E-state index is 11.0. The van der Waals surface area contributed by atoms with E-state index in [1.54, 1.807) is 26.2 Å². The summed E-state index contributed by atoms with van der Waals surface area (Å²) in [5.41, 5.74) is 2.34. The van der Waals surface area contributed by atoms with Crippen molar-refractivity contribution < 1.29 is 14.3 Å². The lowest BCUT2D eigenvalue weighted by Gasteiger charge is -2.28. The van der Waals surface area contributed by atoms with Crippen molar-refractivity contribution in [2.24, 2.45) is 11.8 Å². The number of aromatic nitrogens is 2. The second-order valence-corrected chi connectivity index (χ2v) is 11.1. The summed E-state index contributed by atoms with van der Waals surface area (Å²) in [5.74, 6) is 2.08. The van der Waals surface area contributed by atoms with Gasteiger partial charge in [0.25, 0.3) is 0 Å². The molecule has 0 radical (unpaired) electrons. The van der Waals surface area contributed by atoms with Gasteiger partial charge in [-0.15, -0.1) is 0 Å². The Labute approximate surface area is 197 Å². The van der Waals surface area contributed by atoms with Crippen LogP contribution < -0.4 is 0 Å². The van der Waals surface area contributed by atoms with E-state index < -0.39 is 0 Å². The number of piperidine rings is 1. The predicted octanol–water partition coefficient (Wildman–Crippen LogP) is 4.94. The van der Waals surface area contributed by atoms with Crippen LogP contribution in [0.3, 0.4) is 0 Å². The van der Waals surface area contributed by atoms with Gasteiger partial charge in [-0.3, -0.25) is 0 Å². The Kier molecular flexibility index (Phi) is 9.17. The number of carbonyl (C=O) groups is 1. The van der Waals surface area contributed by atoms with Crippen LogP contribution in [-0.2, 0) is 26.2 Å². The number of rotatable bonds is 5. The molecular weight excluding hydrogens is 422 g/mol. The number of benzene rings is 1. The van der Waals surface area contributed by atoms with Gasteiger partial charge in [-0.1, -0.05) is 20.8 Å². The molecule has 32 heavy (non-hydrogen) atoms. The summed E-state index contributed by atoms with van der Waals surface area (Å²) >= 11 is 1.80. The van der Waals surface area contributed by atoms with Gasteiger partial charge in [0.1, 0.15) is 12.1 Å². The molecule has 2 aliphatic heterocycles. The van der Waals surface area contributed by atoms with Crippen LogP contribution in [0.15, 0.2) is 23.1 Å². The molecule has 1 aromatic carbocycles. The Balaban J connectivity index is 0.000000913. The highest BCUT2D eigenvalue weighted by atomic mass is 32.2. The maximum atomic E-state index is 11.0. The fourth-order valence-corrected chi connectivity index (χ4v) is 5.35. The second kappa shape index (κ2) is 11.6. The van der Waals surface area contributed by atoms with Crippen LogP contribution in [0.5, 0.6) is 0 Å². The first-order valence-corrected chi connectivity index (χ1v) is 12.5. The first-order chi connectivity index (χ1) is 15.4. The molecule has 3 heterocycles. The molecule has 1 aromatic heterocycles. The first kappa shape index (κ1) is 25.2. The lowest BCUT2D eigenvalue weighted by Crippen LogP contribution is -2.28. The Bertz CT molecular complexity index is 863. The molecule has 0 unspecified atom stereocenters. The van der Waals surface area contributed by atoms with Crippen LogP contribution in [-0.4, -0.2) is 60.7 Å². The van der Waals surface area contributed by atoms with Gasteiger partial charge < -0.3 is 18.8 Å². The number of methoxy groups -OCH3 is 1. The molecule has 178 valence electrons. The third-order valence-electron chi connectivity index (χ3n) is 6.10. The van der Waals surface area contributed by atoms with Gasteiger partial charge in [0, 0.05) is 63.3 Å². The summed E-state index contributed by atoms with van der Waals surface area (Å²) in [5, 5.41) is 0. The van der Waals surface area contributed by atoms with E-state index in [0.29, 0.717) is 5.92 Å². The summed E-state index contributed by atoms with van der Waals surface area (Å²) in [6, 6.07) is 6.71. The van der Waals surface area contributed by atoms with Gasteiger partial charge in [0.05, 0.1) is 11.0 Å². The van der Waals surface area contributed by atoms with E-state index in [9.17, 15) is 4.79 Å². The Hall–Kier alpha value is -1.41. The Morgan fingerprint density at radius 1 is 1.16 bits per heavy atom. The first-order valence-electron chi connectivity index (χ1n) is 11.7. The van der Waals surface area contributed by atoms with Crippen molar-refractivity contribution in [3.05, 3.63) is 24.0 Å². The molecule has 2 saturated heterocycles. The van der Waals surface area contributed by atoms with Crippen LogP contribution in [0.4, 0.5) is 0 Å². The number of hydrogen-bond donors (Lipinski definition) is 0. The minimum absolute atomic E-state index is 0.00814. The van der Waals surface area contributed by atoms with Crippen LogP contribution >= 0.6 is 11.9 Å². The quantitative estimate of drug-likeness (QED) is 0.464. The summed E-state index contributed by atoms with van der Waals surface area (Å²) in [6.07, 6.45) is 5.31. The zero-order valence-corrected chi connectivity index (χ0v) is 21.1. The average molecular weight is 462 g/mol. The van der Waals surface area contributed by atoms with Crippen molar-refractivity contribution in [1.82, 2.24) is 13.9 Å². The van der Waals surface area contributed by atoms with Crippen molar-refractivity contribution in [2.75, 3.05) is 40.5 Å². The fraction of sp³-hybridized carbons (Fsp3) is 0.680. The largest absolute Gasteiger partial charge is 0.388 e. The van der Waals surface area contributed by atoms with E-state index in [1.165, 1.54) is 16.2 Å². The number of imidazole rings is 1. The number of fused-ring (bicyclic) bond motifs is 1. The van der Waals surface area contributed by atoms with E-state index in [-0.39, 0.29) is 11.3 Å². The molecule has 0 atom stereocenters. The maximum Gasteiger partial charge on any atom is 0.123 e. The van der Waals surface area contributed by atoms with E-state index in [4.69, 9.17) is 9.72 Å². The molecule has 0 amide bonds. The van der Waals surface area contributed by atoms with Crippen LogP contribution in [0.1, 0.15) is 52.3 Å². The molecule has 2 fully saturated rings. The molecular formula is C25H39N3O3S. The monoisotopic (exact) mass is 461 g/mol. The lowest BCUT2D eigenvalue weighted by atomic mass is 9.94. The highest BCUT2D eigenvalue weighted by Gasteiger charge is 2.26. The molecule has 4 rings (SSSR count). The minimum atomic E-state index is 0.00814. The molecule has 0 N–H and O–H groups in total. The van der Waals surface area contributed by atoms with Gasteiger partial charge in [-0.25, -0.2) is 9.29 Å². The summed E-state index contributed by atoms with van der Waals surface area (Å²) in [6.45, 7) is 11.5. The van der Waals surface area contributed by atoms with Crippen molar-refractivity contribution in [3.8, 4) is 0 Å². The normalized spacial score (nSPS) is 19.0. The van der Waals surface area contributed by atoms with Gasteiger partial charge >= 0.3 is 0 Å². The zero-order chi connectivity index (χ0) is 23.1. The summed E-state index contributed by atoms with van der Waals surface area (Å²) in [4.78, 5) is 17.3. The predicted molar refractivity (Wildman–Crippen MR) is 131 cm³/mol. The van der Waals surface area contributed by atoms with Crippen molar-refractivity contribution in [1.29, 1.82) is 0 Å². The highest BCUT2D eigenvalue weighted by molar-refractivity contribution is 7.97. The van der Waals surface area contributed by atoms with Crippen LogP contribution in [0.25, 0.3) is 11.0 Å². The van der Waals surface area contributed by atoms with Crippen molar-refractivity contribution in [3.63, 3.8) is 0 Å². The molecule has 7 heteroatoms. The van der Waals surface area contributed by atoms with Gasteiger partial charge in [0.15, 0.2) is 0 Å². The standard InChI is InChI=1S/C23H33N3O2S.C2H6O/c1-23(2,3)22-24-20-14-19(29-25-10-6-18(16-27)7-11-25)4-5-21(20)26(22)15-17-8-12-28-13-9-17;1-3-2/h4-5,14,16-18H,6-13,15H2,1-3H3;1-2H3. The van der Waals surface area contributed by atoms with Crippen LogP contribution in [0.2, 0.25) is 0 Å². The molecule has 2 aliphatic rings. The molecule has 0 aliphatic carbocycles. The molecule has 0 saturated carbocycles. The molecule has 0 bridgehead atoms. The third-order valence-corrected chi connectivity index (χ3v) is 7.19.